The van der Waals surface area contributed by atoms with Crippen LogP contribution in [0.2, 0.25) is 5.28 Å². The predicted octanol–water partition coefficient (Wildman–Crippen LogP) is 3.33. The van der Waals surface area contributed by atoms with Gasteiger partial charge in [0, 0.05) is 17.0 Å². The maximum atomic E-state index is 13.4. The Bertz CT molecular complexity index is 594. The number of nitro benzene ring substituents is 1. The molecule has 18 heavy (non-hydrogen) atoms. The van der Waals surface area contributed by atoms with Gasteiger partial charge in [-0.15, -0.1) is 0 Å². The molecule has 0 N–H and O–H groups in total. The first-order valence-corrected chi connectivity index (χ1v) is 5.86. The highest BCUT2D eigenvalue weighted by atomic mass is 35.5. The van der Waals surface area contributed by atoms with E-state index in [1.807, 2.05) is 0 Å². The van der Waals surface area contributed by atoms with Crippen LogP contribution in [0.25, 0.3) is 0 Å². The van der Waals surface area contributed by atoms with Crippen molar-refractivity contribution in [2.75, 3.05) is 0 Å². The maximum absolute atomic E-state index is 13.4. The van der Waals surface area contributed by atoms with Crippen LogP contribution in [-0.2, 0) is 0 Å². The highest BCUT2D eigenvalue weighted by Gasteiger charge is 2.09. The summed E-state index contributed by atoms with van der Waals surface area (Å²) in [5, 5.41) is 10.5. The molecule has 0 aliphatic rings. The Balaban J connectivity index is 2.23. The lowest BCUT2D eigenvalue weighted by Gasteiger charge is -2.01. The van der Waals surface area contributed by atoms with Crippen molar-refractivity contribution in [3.63, 3.8) is 0 Å². The molecule has 92 valence electrons. The quantitative estimate of drug-likeness (QED) is 0.374. The fourth-order valence-corrected chi connectivity index (χ4v) is 2.11. The molecule has 8 heteroatoms. The first-order valence-electron chi connectivity index (χ1n) is 4.66. The SMILES string of the molecule is O=[N+]([O-])c1ccc(Sc2nc(Cl)ncc2F)cc1. The van der Waals surface area contributed by atoms with Crippen molar-refractivity contribution in [2.24, 2.45) is 0 Å². The minimum absolute atomic E-state index is 0.0273. The summed E-state index contributed by atoms with van der Waals surface area (Å²) >= 11 is 6.57. The first kappa shape index (κ1) is 12.7. The summed E-state index contributed by atoms with van der Waals surface area (Å²) in [4.78, 5) is 17.8. The second-order valence-corrected chi connectivity index (χ2v) is 4.55. The molecule has 1 aromatic carbocycles. The third kappa shape index (κ3) is 2.93. The van der Waals surface area contributed by atoms with Gasteiger partial charge in [0.05, 0.1) is 11.1 Å². The summed E-state index contributed by atoms with van der Waals surface area (Å²) in [5.41, 5.74) is -0.0273. The number of nitrogens with zero attached hydrogens (tertiary/aromatic N) is 3. The van der Waals surface area contributed by atoms with Crippen LogP contribution in [0.1, 0.15) is 0 Å². The summed E-state index contributed by atoms with van der Waals surface area (Å²) in [6, 6.07) is 5.70. The van der Waals surface area contributed by atoms with Crippen LogP contribution in [0.3, 0.4) is 0 Å². The van der Waals surface area contributed by atoms with Gasteiger partial charge in [-0.25, -0.2) is 14.4 Å². The Labute approximate surface area is 110 Å². The molecule has 0 spiro atoms. The average molecular weight is 286 g/mol. The zero-order valence-corrected chi connectivity index (χ0v) is 10.3. The standard InChI is InChI=1S/C10H5ClFN3O2S/c11-10-13-5-8(12)9(14-10)18-7-3-1-6(2-4-7)15(16)17/h1-5H. The molecule has 0 fully saturated rings. The van der Waals surface area contributed by atoms with Gasteiger partial charge in [0.2, 0.25) is 5.28 Å². The van der Waals surface area contributed by atoms with E-state index >= 15 is 0 Å². The van der Waals surface area contributed by atoms with Gasteiger partial charge in [0.1, 0.15) is 5.03 Å². The molecular formula is C10H5ClFN3O2S. The minimum atomic E-state index is -0.595. The number of nitro groups is 1. The number of hydrogen-bond donors (Lipinski definition) is 0. The summed E-state index contributed by atoms with van der Waals surface area (Å²) in [6.07, 6.45) is 0.975. The maximum Gasteiger partial charge on any atom is 0.269 e. The fraction of sp³-hybridized carbons (Fsp3) is 0. The van der Waals surface area contributed by atoms with E-state index in [9.17, 15) is 14.5 Å². The van der Waals surface area contributed by atoms with Crippen LogP contribution >= 0.6 is 23.4 Å². The summed E-state index contributed by atoms with van der Waals surface area (Å²) < 4.78 is 13.4. The third-order valence-electron chi connectivity index (χ3n) is 1.94. The number of aromatic nitrogens is 2. The topological polar surface area (TPSA) is 68.9 Å². The average Bonchev–Trinajstić information content (AvgIpc) is 2.34. The zero-order valence-electron chi connectivity index (χ0n) is 8.71. The number of halogens is 2. The summed E-state index contributed by atoms with van der Waals surface area (Å²) in [6.45, 7) is 0. The highest BCUT2D eigenvalue weighted by Crippen LogP contribution is 2.29. The zero-order chi connectivity index (χ0) is 13.1. The molecule has 0 aliphatic carbocycles. The van der Waals surface area contributed by atoms with Crippen molar-refractivity contribution in [3.8, 4) is 0 Å². The van der Waals surface area contributed by atoms with Gasteiger partial charge < -0.3 is 0 Å². The molecule has 0 bridgehead atoms. The number of benzene rings is 1. The van der Waals surface area contributed by atoms with Gasteiger partial charge in [0.15, 0.2) is 5.82 Å². The van der Waals surface area contributed by atoms with Gasteiger partial charge in [-0.2, -0.15) is 0 Å². The van der Waals surface area contributed by atoms with Crippen LogP contribution in [0, 0.1) is 15.9 Å². The Morgan fingerprint density at radius 1 is 1.33 bits per heavy atom. The van der Waals surface area contributed by atoms with Gasteiger partial charge in [-0.05, 0) is 23.7 Å². The van der Waals surface area contributed by atoms with Gasteiger partial charge in [0.25, 0.3) is 5.69 Å². The Hall–Kier alpha value is -1.73. The predicted molar refractivity (Wildman–Crippen MR) is 64.2 cm³/mol. The summed E-state index contributed by atoms with van der Waals surface area (Å²) in [5.74, 6) is -0.595. The third-order valence-corrected chi connectivity index (χ3v) is 3.11. The molecule has 1 heterocycles. The van der Waals surface area contributed by atoms with Crippen molar-refractivity contribution in [1.29, 1.82) is 0 Å². The monoisotopic (exact) mass is 285 g/mol. The van der Waals surface area contributed by atoms with Crippen molar-refractivity contribution in [2.45, 2.75) is 9.92 Å². The molecule has 1 aromatic heterocycles. The van der Waals surface area contributed by atoms with Crippen LogP contribution in [0.4, 0.5) is 10.1 Å². The van der Waals surface area contributed by atoms with Crippen LogP contribution in [-0.4, -0.2) is 14.9 Å². The second-order valence-electron chi connectivity index (χ2n) is 3.15. The molecule has 0 saturated heterocycles. The molecule has 2 aromatic rings. The molecule has 0 aliphatic heterocycles. The first-order chi connectivity index (χ1) is 8.56. The van der Waals surface area contributed by atoms with E-state index < -0.39 is 10.7 Å². The molecule has 0 unspecified atom stereocenters. The van der Waals surface area contributed by atoms with E-state index in [0.717, 1.165) is 18.0 Å². The highest BCUT2D eigenvalue weighted by molar-refractivity contribution is 7.99. The Kier molecular flexibility index (Phi) is 3.73. The second kappa shape index (κ2) is 5.28. The minimum Gasteiger partial charge on any atom is -0.258 e. The lowest BCUT2D eigenvalue weighted by atomic mass is 10.3. The van der Waals surface area contributed by atoms with Crippen LogP contribution < -0.4 is 0 Å². The Morgan fingerprint density at radius 3 is 2.61 bits per heavy atom. The van der Waals surface area contributed by atoms with Crippen molar-refractivity contribution in [3.05, 3.63) is 51.7 Å². The largest absolute Gasteiger partial charge is 0.269 e. The molecule has 5 nitrogen and oxygen atoms in total. The van der Waals surface area contributed by atoms with Crippen LogP contribution in [0.15, 0.2) is 40.4 Å². The number of rotatable bonds is 3. The van der Waals surface area contributed by atoms with E-state index in [1.165, 1.54) is 24.3 Å². The van der Waals surface area contributed by atoms with Crippen molar-refractivity contribution in [1.82, 2.24) is 9.97 Å². The van der Waals surface area contributed by atoms with E-state index in [-0.39, 0.29) is 16.0 Å². The van der Waals surface area contributed by atoms with E-state index in [4.69, 9.17) is 11.6 Å². The van der Waals surface area contributed by atoms with E-state index in [2.05, 4.69) is 9.97 Å². The smallest absolute Gasteiger partial charge is 0.258 e. The lowest BCUT2D eigenvalue weighted by Crippen LogP contribution is -1.91. The van der Waals surface area contributed by atoms with E-state index in [1.54, 1.807) is 0 Å². The number of hydrogen-bond acceptors (Lipinski definition) is 5. The fourth-order valence-electron chi connectivity index (χ4n) is 1.15. The van der Waals surface area contributed by atoms with Crippen molar-refractivity contribution >= 4 is 29.1 Å². The molecule has 0 saturated carbocycles. The van der Waals surface area contributed by atoms with Gasteiger partial charge >= 0.3 is 0 Å². The lowest BCUT2D eigenvalue weighted by molar-refractivity contribution is -0.384. The molecular weight excluding hydrogens is 281 g/mol. The molecule has 0 amide bonds. The Morgan fingerprint density at radius 2 is 2.00 bits per heavy atom. The normalized spacial score (nSPS) is 10.3. The van der Waals surface area contributed by atoms with E-state index in [0.29, 0.717) is 4.90 Å². The van der Waals surface area contributed by atoms with Crippen molar-refractivity contribution < 1.29 is 9.31 Å². The van der Waals surface area contributed by atoms with Crippen LogP contribution in [0.5, 0.6) is 0 Å². The summed E-state index contributed by atoms with van der Waals surface area (Å²) in [7, 11) is 0. The van der Waals surface area contributed by atoms with Gasteiger partial charge in [-0.1, -0.05) is 11.8 Å². The number of non-ortho nitro benzene ring substituents is 1. The molecule has 0 atom stereocenters. The van der Waals surface area contributed by atoms with Gasteiger partial charge in [-0.3, -0.25) is 10.1 Å². The molecule has 2 rings (SSSR count). The molecule has 0 radical (unpaired) electrons.